The molecule has 1 aliphatic heterocycles. The molecule has 8 nitrogen and oxygen atoms in total. The Labute approximate surface area is 180 Å². The maximum absolute atomic E-state index is 5.44. The van der Waals surface area contributed by atoms with Crippen LogP contribution in [-0.2, 0) is 4.74 Å². The van der Waals surface area contributed by atoms with Gasteiger partial charge in [-0.3, -0.25) is 0 Å². The van der Waals surface area contributed by atoms with E-state index in [1.165, 1.54) is 0 Å². The van der Waals surface area contributed by atoms with Gasteiger partial charge in [-0.25, -0.2) is 19.9 Å². The lowest BCUT2D eigenvalue weighted by atomic mass is 10.2. The zero-order valence-electron chi connectivity index (χ0n) is 17.7. The van der Waals surface area contributed by atoms with Crippen LogP contribution in [0.25, 0.3) is 22.6 Å². The molecular weight excluding hydrogens is 390 g/mol. The van der Waals surface area contributed by atoms with Crippen molar-refractivity contribution in [2.75, 3.05) is 36.5 Å². The van der Waals surface area contributed by atoms with Gasteiger partial charge in [-0.15, -0.1) is 0 Å². The Morgan fingerprint density at radius 1 is 0.968 bits per heavy atom. The number of benzene rings is 1. The van der Waals surface area contributed by atoms with Gasteiger partial charge in [0.1, 0.15) is 5.82 Å². The summed E-state index contributed by atoms with van der Waals surface area (Å²) in [6.45, 7) is 7.41. The Morgan fingerprint density at radius 3 is 2.48 bits per heavy atom. The molecule has 3 aromatic heterocycles. The van der Waals surface area contributed by atoms with E-state index in [4.69, 9.17) is 14.7 Å². The Balaban J connectivity index is 1.55. The molecule has 0 radical (unpaired) electrons. The van der Waals surface area contributed by atoms with E-state index in [0.29, 0.717) is 11.6 Å². The van der Waals surface area contributed by atoms with E-state index in [2.05, 4.69) is 38.6 Å². The van der Waals surface area contributed by atoms with Crippen LogP contribution in [0.3, 0.4) is 0 Å². The number of fused-ring (bicyclic) bond motifs is 1. The third kappa shape index (κ3) is 3.94. The fraction of sp³-hybridized carbons (Fsp3) is 0.304. The van der Waals surface area contributed by atoms with Gasteiger partial charge in [-0.2, -0.15) is 0 Å². The summed E-state index contributed by atoms with van der Waals surface area (Å²) in [6, 6.07) is 14.3. The van der Waals surface area contributed by atoms with Gasteiger partial charge in [0.05, 0.1) is 19.5 Å². The van der Waals surface area contributed by atoms with Gasteiger partial charge in [-0.05, 0) is 38.1 Å². The first-order valence-electron chi connectivity index (χ1n) is 10.5. The number of hydrogen-bond acceptors (Lipinski definition) is 7. The fourth-order valence-corrected chi connectivity index (χ4v) is 3.67. The number of ether oxygens (including phenoxy) is 1. The smallest absolute Gasteiger partial charge is 0.166 e. The highest BCUT2D eigenvalue weighted by Gasteiger charge is 2.17. The van der Waals surface area contributed by atoms with Crippen molar-refractivity contribution in [3.63, 3.8) is 0 Å². The molecular formula is C23H25N7O. The van der Waals surface area contributed by atoms with Crippen molar-refractivity contribution >= 4 is 28.5 Å². The second-order valence-corrected chi connectivity index (χ2v) is 7.81. The zero-order chi connectivity index (χ0) is 21.2. The summed E-state index contributed by atoms with van der Waals surface area (Å²) in [5.41, 5.74) is 3.37. The molecule has 1 aliphatic rings. The third-order valence-corrected chi connectivity index (χ3v) is 5.36. The van der Waals surface area contributed by atoms with E-state index < -0.39 is 0 Å². The van der Waals surface area contributed by atoms with Crippen LogP contribution in [0.1, 0.15) is 19.9 Å². The summed E-state index contributed by atoms with van der Waals surface area (Å²) in [5, 5.41) is 3.40. The van der Waals surface area contributed by atoms with Gasteiger partial charge in [0.2, 0.25) is 0 Å². The molecule has 0 aliphatic carbocycles. The highest BCUT2D eigenvalue weighted by Crippen LogP contribution is 2.28. The number of rotatable bonds is 5. The molecule has 1 fully saturated rings. The molecule has 1 N–H and O–H groups in total. The fourth-order valence-electron chi connectivity index (χ4n) is 3.67. The molecule has 0 unspecified atom stereocenters. The topological polar surface area (TPSA) is 81.0 Å². The molecule has 0 amide bonds. The van der Waals surface area contributed by atoms with Gasteiger partial charge >= 0.3 is 0 Å². The summed E-state index contributed by atoms with van der Waals surface area (Å²) < 4.78 is 7.50. The van der Waals surface area contributed by atoms with Crippen molar-refractivity contribution in [2.24, 2.45) is 0 Å². The van der Waals surface area contributed by atoms with Crippen molar-refractivity contribution < 1.29 is 4.74 Å². The number of pyridine rings is 1. The molecule has 31 heavy (non-hydrogen) atoms. The molecule has 0 atom stereocenters. The molecule has 8 heteroatoms. The number of para-hydroxylation sites is 1. The Kier molecular flexibility index (Phi) is 5.21. The molecule has 158 valence electrons. The minimum atomic E-state index is 0.235. The minimum absolute atomic E-state index is 0.235. The summed E-state index contributed by atoms with van der Waals surface area (Å²) in [5.74, 6) is 2.25. The maximum atomic E-state index is 5.44. The van der Waals surface area contributed by atoms with Crippen LogP contribution < -0.4 is 10.2 Å². The van der Waals surface area contributed by atoms with E-state index in [9.17, 15) is 0 Å². The lowest BCUT2D eigenvalue weighted by Gasteiger charge is -2.27. The van der Waals surface area contributed by atoms with Crippen LogP contribution in [-0.4, -0.2) is 50.8 Å². The van der Waals surface area contributed by atoms with Crippen molar-refractivity contribution in [1.29, 1.82) is 0 Å². The standard InChI is InChI=1S/C23H25N7O/c1-16(2)30-15-25-20-22(26-18-6-4-3-5-7-18)27-21(28-23(20)30)17-8-9-19(24-14-17)29-10-12-31-13-11-29/h3-9,14-16H,10-13H2,1-2H3,(H,26,27,28). The van der Waals surface area contributed by atoms with Crippen molar-refractivity contribution in [2.45, 2.75) is 19.9 Å². The van der Waals surface area contributed by atoms with E-state index in [0.717, 1.165) is 54.5 Å². The average molecular weight is 416 g/mol. The first kappa shape index (κ1) is 19.4. The van der Waals surface area contributed by atoms with Crippen molar-refractivity contribution in [3.05, 3.63) is 55.0 Å². The lowest BCUT2D eigenvalue weighted by molar-refractivity contribution is 0.122. The van der Waals surface area contributed by atoms with Crippen LogP contribution in [0, 0.1) is 0 Å². The predicted octanol–water partition coefficient (Wildman–Crippen LogP) is 4.05. The molecule has 4 aromatic rings. The number of hydrogen-bond donors (Lipinski definition) is 1. The van der Waals surface area contributed by atoms with Crippen LogP contribution in [0.15, 0.2) is 55.0 Å². The second-order valence-electron chi connectivity index (χ2n) is 7.81. The Morgan fingerprint density at radius 2 is 1.77 bits per heavy atom. The first-order chi connectivity index (χ1) is 15.2. The van der Waals surface area contributed by atoms with Crippen LogP contribution in [0.4, 0.5) is 17.3 Å². The molecule has 5 rings (SSSR count). The summed E-state index contributed by atoms with van der Waals surface area (Å²) >= 11 is 0. The quantitative estimate of drug-likeness (QED) is 0.527. The zero-order valence-corrected chi connectivity index (χ0v) is 17.7. The monoisotopic (exact) mass is 415 g/mol. The molecule has 0 spiro atoms. The van der Waals surface area contributed by atoms with Crippen molar-refractivity contribution in [3.8, 4) is 11.4 Å². The molecule has 4 heterocycles. The van der Waals surface area contributed by atoms with E-state index >= 15 is 0 Å². The number of anilines is 3. The third-order valence-electron chi connectivity index (χ3n) is 5.36. The molecule has 0 bridgehead atoms. The Bertz CT molecular complexity index is 1170. The largest absolute Gasteiger partial charge is 0.378 e. The van der Waals surface area contributed by atoms with Gasteiger partial charge in [0.15, 0.2) is 22.8 Å². The van der Waals surface area contributed by atoms with E-state index in [1.807, 2.05) is 55.0 Å². The summed E-state index contributed by atoms with van der Waals surface area (Å²) in [4.78, 5) is 21.1. The van der Waals surface area contributed by atoms with Gasteiger partial charge in [0.25, 0.3) is 0 Å². The van der Waals surface area contributed by atoms with Crippen LogP contribution in [0.5, 0.6) is 0 Å². The summed E-state index contributed by atoms with van der Waals surface area (Å²) in [7, 11) is 0. The van der Waals surface area contributed by atoms with Crippen LogP contribution >= 0.6 is 0 Å². The minimum Gasteiger partial charge on any atom is -0.378 e. The number of morpholine rings is 1. The SMILES string of the molecule is CC(C)n1cnc2c(Nc3ccccc3)nc(-c3ccc(N4CCOCC4)nc3)nc21. The first-order valence-corrected chi connectivity index (χ1v) is 10.5. The number of nitrogens with one attached hydrogen (secondary N) is 1. The highest BCUT2D eigenvalue weighted by atomic mass is 16.5. The van der Waals surface area contributed by atoms with Gasteiger partial charge in [0, 0.05) is 36.6 Å². The maximum Gasteiger partial charge on any atom is 0.166 e. The normalized spacial score (nSPS) is 14.4. The highest BCUT2D eigenvalue weighted by molar-refractivity contribution is 5.87. The molecule has 1 aromatic carbocycles. The van der Waals surface area contributed by atoms with Crippen LogP contribution in [0.2, 0.25) is 0 Å². The lowest BCUT2D eigenvalue weighted by Crippen LogP contribution is -2.36. The van der Waals surface area contributed by atoms with Gasteiger partial charge < -0.3 is 19.5 Å². The summed E-state index contributed by atoms with van der Waals surface area (Å²) in [6.07, 6.45) is 3.66. The average Bonchev–Trinajstić information content (AvgIpc) is 3.25. The van der Waals surface area contributed by atoms with E-state index in [1.54, 1.807) is 0 Å². The van der Waals surface area contributed by atoms with Crippen molar-refractivity contribution in [1.82, 2.24) is 24.5 Å². The number of imidazole rings is 1. The Hall–Kier alpha value is -3.52. The molecule has 1 saturated heterocycles. The van der Waals surface area contributed by atoms with Gasteiger partial charge in [-0.1, -0.05) is 18.2 Å². The molecule has 0 saturated carbocycles. The van der Waals surface area contributed by atoms with E-state index in [-0.39, 0.29) is 6.04 Å². The predicted molar refractivity (Wildman–Crippen MR) is 122 cm³/mol. The number of aromatic nitrogens is 5. The number of nitrogens with zero attached hydrogens (tertiary/aromatic N) is 6. The second kappa shape index (κ2) is 8.31.